The van der Waals surface area contributed by atoms with Gasteiger partial charge in [0.05, 0.1) is 0 Å². The van der Waals surface area contributed by atoms with E-state index < -0.39 is 28.1 Å². The molecule has 0 aliphatic heterocycles. The molecule has 0 saturated heterocycles. The van der Waals surface area contributed by atoms with Crippen molar-refractivity contribution in [3.8, 4) is 0 Å². The fourth-order valence-electron chi connectivity index (χ4n) is 0.306. The topological polar surface area (TPSA) is 0 Å². The van der Waals surface area contributed by atoms with Crippen LogP contribution in [-0.4, -0.2) is 28.1 Å². The molecule has 0 aromatic heterocycles. The molecule has 0 bridgehead atoms. The van der Waals surface area contributed by atoms with Gasteiger partial charge in [-0.15, -0.1) is 0 Å². The molecule has 0 aliphatic rings. The second-order valence-electron chi connectivity index (χ2n) is 2.83. The van der Waals surface area contributed by atoms with E-state index in [-0.39, 0.29) is 0 Å². The van der Waals surface area contributed by atoms with E-state index in [0.29, 0.717) is 0 Å². The second kappa shape index (κ2) is 4.17. The summed E-state index contributed by atoms with van der Waals surface area (Å²) in [5, 5.41) is 0. The maximum atomic E-state index is 5.77. The van der Waals surface area contributed by atoms with E-state index in [1.54, 1.807) is 0 Å². The van der Waals surface area contributed by atoms with Gasteiger partial charge in [0.2, 0.25) is 0 Å². The van der Waals surface area contributed by atoms with Gasteiger partial charge < -0.3 is 0 Å². The van der Waals surface area contributed by atoms with Gasteiger partial charge in [0, 0.05) is 0 Å². The minimum absolute atomic E-state index is 0.396. The van der Waals surface area contributed by atoms with E-state index in [1.165, 1.54) is 10.1 Å². The summed E-state index contributed by atoms with van der Waals surface area (Å²) in [6, 6.07) is 1.40. The Hall–Kier alpha value is 1.31. The zero-order valence-corrected chi connectivity index (χ0v) is 10.4. The average molecular weight is 255 g/mol. The minimum atomic E-state index is -0.734. The predicted molar refractivity (Wildman–Crippen MR) is 44.4 cm³/mol. The first-order valence-corrected chi connectivity index (χ1v) is 12.0. The third-order valence-electron chi connectivity index (χ3n) is 1.50. The molecular formula is C5H13ClSiSn. The average Bonchev–Trinajstić information content (AvgIpc) is 1.67. The second-order valence-corrected chi connectivity index (χ2v) is 13.8. The van der Waals surface area contributed by atoms with Gasteiger partial charge in [-0.3, -0.25) is 0 Å². The van der Waals surface area contributed by atoms with Gasteiger partial charge in [-0.25, -0.2) is 0 Å². The first-order chi connectivity index (χ1) is 3.62. The molecule has 3 heteroatoms. The summed E-state index contributed by atoms with van der Waals surface area (Å²) in [6.45, 7) is 7.14. The Morgan fingerprint density at radius 1 is 1.50 bits per heavy atom. The van der Waals surface area contributed by atoms with Crippen LogP contribution in [0.25, 0.3) is 0 Å². The van der Waals surface area contributed by atoms with E-state index in [9.17, 15) is 0 Å². The SMILES string of the molecule is CC[Si](C)(C)[CH2][Sn][Cl]. The molecule has 0 atom stereocenters. The van der Waals surface area contributed by atoms with Crippen molar-refractivity contribution in [2.75, 3.05) is 0 Å². The molecule has 0 unspecified atom stereocenters. The van der Waals surface area contributed by atoms with E-state index in [2.05, 4.69) is 20.0 Å². The first kappa shape index (κ1) is 9.31. The third kappa shape index (κ3) is 4.21. The Morgan fingerprint density at radius 2 is 2.00 bits per heavy atom. The van der Waals surface area contributed by atoms with Crippen LogP contribution in [0.2, 0.25) is 23.2 Å². The van der Waals surface area contributed by atoms with E-state index in [4.69, 9.17) is 8.92 Å². The normalized spacial score (nSPS) is 12.0. The molecule has 2 radical (unpaired) electrons. The molecule has 0 rings (SSSR count). The summed E-state index contributed by atoms with van der Waals surface area (Å²) in [5.41, 5.74) is 0. The van der Waals surface area contributed by atoms with Gasteiger partial charge in [-0.1, -0.05) is 0 Å². The molecule has 48 valence electrons. The van der Waals surface area contributed by atoms with Crippen molar-refractivity contribution in [1.82, 2.24) is 0 Å². The molecular weight excluding hydrogens is 242 g/mol. The third-order valence-corrected chi connectivity index (χ3v) is 16.5. The standard InChI is InChI=1S/C5H13Si.ClH.Sn/c1-5-6(2,3)4;;/h2,5H2,1,3-4H3;1H;/q;;+1/p-1. The summed E-state index contributed by atoms with van der Waals surface area (Å²) in [6.07, 6.45) is 0. The maximum absolute atomic E-state index is 5.77. The monoisotopic (exact) mass is 256 g/mol. The van der Waals surface area contributed by atoms with Crippen LogP contribution in [0.1, 0.15) is 6.92 Å². The number of rotatable bonds is 3. The molecule has 0 heterocycles. The van der Waals surface area contributed by atoms with Crippen LogP contribution in [0.3, 0.4) is 0 Å². The van der Waals surface area contributed by atoms with Crippen LogP contribution >= 0.6 is 8.92 Å². The Kier molecular flexibility index (Phi) is 4.85. The number of hydrogen-bond donors (Lipinski definition) is 0. The van der Waals surface area contributed by atoms with Gasteiger partial charge in [-0.2, -0.15) is 0 Å². The molecule has 0 aromatic rings. The van der Waals surface area contributed by atoms with Gasteiger partial charge in [-0.05, 0) is 0 Å². The van der Waals surface area contributed by atoms with Crippen molar-refractivity contribution < 1.29 is 0 Å². The Morgan fingerprint density at radius 3 is 2.12 bits per heavy atom. The summed E-state index contributed by atoms with van der Waals surface area (Å²) in [4.78, 5) is 0. The van der Waals surface area contributed by atoms with Crippen LogP contribution < -0.4 is 0 Å². The van der Waals surface area contributed by atoms with Gasteiger partial charge in [0.1, 0.15) is 0 Å². The molecule has 0 N–H and O–H groups in total. The molecule has 0 saturated carbocycles. The van der Waals surface area contributed by atoms with Crippen LogP contribution in [0.15, 0.2) is 0 Å². The Bertz CT molecular complexity index is 65.4. The predicted octanol–water partition coefficient (Wildman–Crippen LogP) is 2.53. The van der Waals surface area contributed by atoms with E-state index >= 15 is 0 Å². The summed E-state index contributed by atoms with van der Waals surface area (Å²) >= 11 is -0.396. The van der Waals surface area contributed by atoms with Crippen molar-refractivity contribution in [1.29, 1.82) is 0 Å². The Balaban J connectivity index is 3.37. The molecule has 8 heavy (non-hydrogen) atoms. The number of hydrogen-bond acceptors (Lipinski definition) is 0. The quantitative estimate of drug-likeness (QED) is 0.680. The van der Waals surface area contributed by atoms with E-state index in [1.807, 2.05) is 0 Å². The van der Waals surface area contributed by atoms with Crippen LogP contribution in [-0.2, 0) is 0 Å². The van der Waals surface area contributed by atoms with Crippen molar-refractivity contribution in [3.63, 3.8) is 0 Å². The fraction of sp³-hybridized carbons (Fsp3) is 1.00. The summed E-state index contributed by atoms with van der Waals surface area (Å²) in [5.74, 6) is 0. The van der Waals surface area contributed by atoms with Crippen molar-refractivity contribution in [2.24, 2.45) is 0 Å². The molecule has 0 nitrogen and oxygen atoms in total. The van der Waals surface area contributed by atoms with Crippen molar-refractivity contribution >= 4 is 37.0 Å². The first-order valence-electron chi connectivity index (χ1n) is 2.96. The Labute approximate surface area is 66.9 Å². The molecule has 0 aromatic carbocycles. The zero-order valence-electron chi connectivity index (χ0n) is 5.79. The van der Waals surface area contributed by atoms with Crippen molar-refractivity contribution in [2.45, 2.75) is 30.1 Å². The zero-order chi connectivity index (χ0) is 6.62. The molecule has 0 aliphatic carbocycles. The van der Waals surface area contributed by atoms with Crippen LogP contribution in [0, 0.1) is 0 Å². The molecule has 0 fully saturated rings. The number of halogens is 1. The summed E-state index contributed by atoms with van der Waals surface area (Å²) in [7, 11) is 5.04. The van der Waals surface area contributed by atoms with Crippen molar-refractivity contribution in [3.05, 3.63) is 0 Å². The molecule has 0 amide bonds. The van der Waals surface area contributed by atoms with Gasteiger partial charge in [0.15, 0.2) is 0 Å². The van der Waals surface area contributed by atoms with Gasteiger partial charge in [0.25, 0.3) is 0 Å². The van der Waals surface area contributed by atoms with E-state index in [0.717, 1.165) is 0 Å². The van der Waals surface area contributed by atoms with Crippen LogP contribution in [0.4, 0.5) is 0 Å². The summed E-state index contributed by atoms with van der Waals surface area (Å²) < 4.78 is 1.44. The molecule has 0 spiro atoms. The van der Waals surface area contributed by atoms with Crippen LogP contribution in [0.5, 0.6) is 0 Å². The van der Waals surface area contributed by atoms with Gasteiger partial charge >= 0.3 is 67.1 Å². The fourth-order valence-corrected chi connectivity index (χ4v) is 13.4.